The van der Waals surface area contributed by atoms with Crippen LogP contribution < -0.4 is 4.74 Å². The summed E-state index contributed by atoms with van der Waals surface area (Å²) in [6.45, 7) is 0. The number of hydrogen-bond donors (Lipinski definition) is 0. The summed E-state index contributed by atoms with van der Waals surface area (Å²) in [7, 11) is 1.66. The van der Waals surface area contributed by atoms with E-state index in [9.17, 15) is 4.39 Å². The van der Waals surface area contributed by atoms with Gasteiger partial charge >= 0.3 is 0 Å². The fourth-order valence-corrected chi connectivity index (χ4v) is 5.34. The van der Waals surface area contributed by atoms with Crippen LogP contribution in [0.2, 0.25) is 0 Å². The van der Waals surface area contributed by atoms with E-state index in [1.165, 1.54) is 34.7 Å². The van der Waals surface area contributed by atoms with Crippen LogP contribution in [0.5, 0.6) is 5.75 Å². The molecule has 0 fully saturated rings. The summed E-state index contributed by atoms with van der Waals surface area (Å²) in [6, 6.07) is 16.9. The van der Waals surface area contributed by atoms with Gasteiger partial charge in [-0.15, -0.1) is 23.7 Å². The van der Waals surface area contributed by atoms with Crippen LogP contribution in [0.15, 0.2) is 54.6 Å². The lowest BCUT2D eigenvalue weighted by atomic mass is 9.92. The summed E-state index contributed by atoms with van der Waals surface area (Å²) in [5.41, 5.74) is 5.35. The molecule has 29 heavy (non-hydrogen) atoms. The maximum Gasteiger partial charge on any atom is 0.125 e. The van der Waals surface area contributed by atoms with E-state index in [-0.39, 0.29) is 18.2 Å². The third-order valence-electron chi connectivity index (χ3n) is 5.45. The lowest BCUT2D eigenvalue weighted by Crippen LogP contribution is -1.99. The van der Waals surface area contributed by atoms with E-state index >= 15 is 0 Å². The summed E-state index contributed by atoms with van der Waals surface area (Å²) in [5, 5.41) is 1.21. The molecule has 0 radical (unpaired) electrons. The van der Waals surface area contributed by atoms with Crippen LogP contribution in [-0.4, -0.2) is 12.1 Å². The van der Waals surface area contributed by atoms with Crippen molar-refractivity contribution in [2.45, 2.75) is 25.7 Å². The minimum Gasteiger partial charge on any atom is -0.497 e. The molecule has 0 bridgehead atoms. The minimum atomic E-state index is -0.211. The highest BCUT2D eigenvalue weighted by atomic mass is 35.5. The zero-order valence-electron chi connectivity index (χ0n) is 16.1. The number of rotatable bonds is 3. The number of aryl methyl sites for hydroxylation is 2. The number of halogens is 2. The molecule has 0 aliphatic heterocycles. The number of thiophene rings is 1. The largest absolute Gasteiger partial charge is 0.497 e. The lowest BCUT2D eigenvalue weighted by molar-refractivity contribution is 0.415. The third-order valence-corrected chi connectivity index (χ3v) is 6.63. The maximum atomic E-state index is 14.0. The fraction of sp³-hybridized carbons (Fsp3) is 0.208. The van der Waals surface area contributed by atoms with E-state index < -0.39 is 0 Å². The van der Waals surface area contributed by atoms with Crippen molar-refractivity contribution in [3.63, 3.8) is 0 Å². The van der Waals surface area contributed by atoms with Crippen molar-refractivity contribution < 1.29 is 9.13 Å². The van der Waals surface area contributed by atoms with Gasteiger partial charge in [0.15, 0.2) is 0 Å². The van der Waals surface area contributed by atoms with Crippen LogP contribution in [0, 0.1) is 5.82 Å². The number of pyridine rings is 1. The van der Waals surface area contributed by atoms with Gasteiger partial charge in [-0.1, -0.05) is 12.1 Å². The topological polar surface area (TPSA) is 22.1 Å². The molecule has 0 saturated heterocycles. The van der Waals surface area contributed by atoms with Crippen LogP contribution in [0.4, 0.5) is 4.39 Å². The van der Waals surface area contributed by atoms with Crippen molar-refractivity contribution in [1.82, 2.24) is 4.98 Å². The van der Waals surface area contributed by atoms with Crippen LogP contribution in [0.3, 0.4) is 0 Å². The summed E-state index contributed by atoms with van der Waals surface area (Å²) < 4.78 is 19.3. The first-order valence-corrected chi connectivity index (χ1v) is 10.4. The van der Waals surface area contributed by atoms with Crippen molar-refractivity contribution in [2.75, 3.05) is 7.11 Å². The number of ether oxygens (including phenoxy) is 1. The SMILES string of the molecule is COc1ccc(-c2cc(-c3cccc(F)c3)c3c4c(sc3n2)CCCC4)cc1.Cl. The van der Waals surface area contributed by atoms with Crippen molar-refractivity contribution >= 4 is 34.0 Å². The molecule has 148 valence electrons. The Bertz CT molecular complexity index is 1170. The second-order valence-corrected chi connectivity index (χ2v) is 8.27. The fourth-order valence-electron chi connectivity index (χ4n) is 4.05. The number of benzene rings is 2. The Morgan fingerprint density at radius 3 is 2.52 bits per heavy atom. The molecule has 2 nitrogen and oxygen atoms in total. The van der Waals surface area contributed by atoms with E-state index in [1.807, 2.05) is 30.3 Å². The van der Waals surface area contributed by atoms with E-state index in [0.29, 0.717) is 0 Å². The second-order valence-electron chi connectivity index (χ2n) is 7.18. The first-order chi connectivity index (χ1) is 13.7. The standard InChI is InChI=1S/C24H20FNOS.ClH/c1-27-18-11-9-15(10-12-18)21-14-20(16-5-4-6-17(25)13-16)23-19-7-2-3-8-22(19)28-24(23)26-21;/h4-6,9-14H,2-3,7-8H2,1H3;1H. The summed E-state index contributed by atoms with van der Waals surface area (Å²) in [5.74, 6) is 0.610. The first kappa shape index (κ1) is 19.9. The second kappa shape index (κ2) is 8.13. The Kier molecular flexibility index (Phi) is 5.57. The lowest BCUT2D eigenvalue weighted by Gasteiger charge is -2.13. The Balaban J connectivity index is 0.00000205. The van der Waals surface area contributed by atoms with Gasteiger partial charge in [0.25, 0.3) is 0 Å². The normalized spacial score (nSPS) is 13.0. The molecule has 0 spiro atoms. The smallest absolute Gasteiger partial charge is 0.125 e. The molecule has 0 atom stereocenters. The average molecular weight is 426 g/mol. The average Bonchev–Trinajstić information content (AvgIpc) is 3.11. The van der Waals surface area contributed by atoms with Gasteiger partial charge in [0.05, 0.1) is 12.8 Å². The van der Waals surface area contributed by atoms with E-state index in [0.717, 1.165) is 45.8 Å². The predicted molar refractivity (Wildman–Crippen MR) is 121 cm³/mol. The predicted octanol–water partition coefficient (Wildman–Crippen LogP) is 7.08. The Morgan fingerprint density at radius 2 is 1.76 bits per heavy atom. The van der Waals surface area contributed by atoms with Crippen LogP contribution in [-0.2, 0) is 12.8 Å². The molecule has 2 aromatic carbocycles. The summed E-state index contributed by atoms with van der Waals surface area (Å²) in [6.07, 6.45) is 4.65. The highest BCUT2D eigenvalue weighted by Crippen LogP contribution is 2.42. The molecule has 4 aromatic rings. The number of nitrogens with zero attached hydrogens (tertiary/aromatic N) is 1. The molecule has 0 amide bonds. The highest BCUT2D eigenvalue weighted by molar-refractivity contribution is 7.19. The maximum absolute atomic E-state index is 14.0. The summed E-state index contributed by atoms with van der Waals surface area (Å²) in [4.78, 5) is 7.50. The Morgan fingerprint density at radius 1 is 0.966 bits per heavy atom. The molecule has 1 aliphatic carbocycles. The molecular weight excluding hydrogens is 405 g/mol. The minimum absolute atomic E-state index is 0. The third kappa shape index (κ3) is 3.63. The molecule has 0 unspecified atom stereocenters. The van der Waals surface area contributed by atoms with Crippen molar-refractivity contribution in [3.8, 4) is 28.1 Å². The molecule has 2 aromatic heterocycles. The van der Waals surface area contributed by atoms with E-state index in [2.05, 4.69) is 6.07 Å². The van der Waals surface area contributed by atoms with Crippen molar-refractivity contribution in [1.29, 1.82) is 0 Å². The summed E-state index contributed by atoms with van der Waals surface area (Å²) >= 11 is 1.80. The zero-order chi connectivity index (χ0) is 19.1. The van der Waals surface area contributed by atoms with E-state index in [4.69, 9.17) is 9.72 Å². The van der Waals surface area contributed by atoms with Crippen molar-refractivity contribution in [2.24, 2.45) is 0 Å². The van der Waals surface area contributed by atoms with Gasteiger partial charge in [0.1, 0.15) is 16.4 Å². The van der Waals surface area contributed by atoms with Crippen LogP contribution in [0.1, 0.15) is 23.3 Å². The Hall–Kier alpha value is -2.43. The molecule has 0 N–H and O–H groups in total. The van der Waals surface area contributed by atoms with Crippen LogP contribution >= 0.6 is 23.7 Å². The molecule has 0 saturated carbocycles. The monoisotopic (exact) mass is 425 g/mol. The molecule has 5 rings (SSSR count). The highest BCUT2D eigenvalue weighted by Gasteiger charge is 2.21. The van der Waals surface area contributed by atoms with Gasteiger partial charge in [0.2, 0.25) is 0 Å². The molecular formula is C24H21ClFNOS. The van der Waals surface area contributed by atoms with Gasteiger partial charge in [0, 0.05) is 15.8 Å². The van der Waals surface area contributed by atoms with Gasteiger partial charge in [-0.2, -0.15) is 0 Å². The van der Waals surface area contributed by atoms with Gasteiger partial charge in [-0.3, -0.25) is 0 Å². The number of methoxy groups -OCH3 is 1. The molecule has 5 heteroatoms. The first-order valence-electron chi connectivity index (χ1n) is 9.58. The van der Waals surface area contributed by atoms with E-state index in [1.54, 1.807) is 30.6 Å². The number of aromatic nitrogens is 1. The molecule has 1 aliphatic rings. The van der Waals surface area contributed by atoms with Crippen molar-refractivity contribution in [3.05, 3.63) is 70.9 Å². The van der Waals surface area contributed by atoms with Gasteiger partial charge < -0.3 is 4.74 Å². The quantitative estimate of drug-likeness (QED) is 0.350. The number of hydrogen-bond acceptors (Lipinski definition) is 3. The van der Waals surface area contributed by atoms with Gasteiger partial charge in [-0.25, -0.2) is 9.37 Å². The zero-order valence-corrected chi connectivity index (χ0v) is 17.7. The number of fused-ring (bicyclic) bond motifs is 3. The van der Waals surface area contributed by atoms with Crippen LogP contribution in [0.25, 0.3) is 32.6 Å². The molecule has 2 heterocycles. The Labute approximate surface area is 179 Å². The van der Waals surface area contributed by atoms with Gasteiger partial charge in [-0.05, 0) is 84.8 Å².